The number of rotatable bonds is 7. The largest absolute Gasteiger partial charge is 0.378 e. The van der Waals surface area contributed by atoms with Gasteiger partial charge in [-0.3, -0.25) is 4.79 Å². The molecule has 0 aliphatic carbocycles. The van der Waals surface area contributed by atoms with Crippen molar-refractivity contribution in [1.82, 2.24) is 14.1 Å². The Morgan fingerprint density at radius 3 is 2.41 bits per heavy atom. The molecule has 1 aliphatic rings. The van der Waals surface area contributed by atoms with Gasteiger partial charge in [-0.25, -0.2) is 17.4 Å². The average molecular weight is 420 g/mol. The SMILES string of the molecule is CCS(=O)(=O)N1CCC(C(=O)Nc2ccnn2Cc2ccc(N(C)C)cc2)CC1. The number of hydrogen-bond donors (Lipinski definition) is 1. The Hall–Kier alpha value is -2.39. The van der Waals surface area contributed by atoms with Crippen molar-refractivity contribution in [3.8, 4) is 0 Å². The first kappa shape index (κ1) is 21.3. The Labute approximate surface area is 172 Å². The Morgan fingerprint density at radius 2 is 1.83 bits per heavy atom. The van der Waals surface area contributed by atoms with E-state index in [0.717, 1.165) is 11.3 Å². The Balaban J connectivity index is 1.59. The lowest BCUT2D eigenvalue weighted by atomic mass is 9.97. The highest BCUT2D eigenvalue weighted by Gasteiger charge is 2.30. The number of nitrogens with one attached hydrogen (secondary N) is 1. The Morgan fingerprint density at radius 1 is 1.17 bits per heavy atom. The van der Waals surface area contributed by atoms with Crippen molar-refractivity contribution in [2.24, 2.45) is 5.92 Å². The summed E-state index contributed by atoms with van der Waals surface area (Å²) in [5.74, 6) is 0.470. The van der Waals surface area contributed by atoms with Crippen LogP contribution in [0.25, 0.3) is 0 Å². The van der Waals surface area contributed by atoms with Gasteiger partial charge in [-0.05, 0) is 37.5 Å². The van der Waals surface area contributed by atoms with E-state index in [0.29, 0.717) is 38.3 Å². The van der Waals surface area contributed by atoms with E-state index >= 15 is 0 Å². The summed E-state index contributed by atoms with van der Waals surface area (Å²) in [5.41, 5.74) is 2.21. The molecular formula is C20H29N5O3S. The molecule has 0 radical (unpaired) electrons. The summed E-state index contributed by atoms with van der Waals surface area (Å²) >= 11 is 0. The molecule has 2 heterocycles. The number of piperidine rings is 1. The van der Waals surface area contributed by atoms with Crippen LogP contribution in [0.1, 0.15) is 25.3 Å². The Kier molecular flexibility index (Phi) is 6.59. The van der Waals surface area contributed by atoms with Crippen LogP contribution in [0.2, 0.25) is 0 Å². The van der Waals surface area contributed by atoms with E-state index in [-0.39, 0.29) is 17.6 Å². The molecular weight excluding hydrogens is 390 g/mol. The zero-order valence-corrected chi connectivity index (χ0v) is 18.0. The highest BCUT2D eigenvalue weighted by atomic mass is 32.2. The number of carbonyl (C=O) groups excluding carboxylic acids is 1. The van der Waals surface area contributed by atoms with Gasteiger partial charge >= 0.3 is 0 Å². The summed E-state index contributed by atoms with van der Waals surface area (Å²) in [7, 11) is 0.811. The lowest BCUT2D eigenvalue weighted by molar-refractivity contribution is -0.121. The molecule has 1 fully saturated rings. The third kappa shape index (κ3) is 5.16. The normalized spacial score (nSPS) is 16.0. The molecule has 8 nitrogen and oxygen atoms in total. The molecule has 0 unspecified atom stereocenters. The molecule has 1 amide bonds. The van der Waals surface area contributed by atoms with Gasteiger partial charge in [0.15, 0.2) is 0 Å². The minimum atomic E-state index is -3.19. The molecule has 1 N–H and O–H groups in total. The van der Waals surface area contributed by atoms with E-state index in [1.165, 1.54) is 4.31 Å². The molecule has 3 rings (SSSR count). The van der Waals surface area contributed by atoms with Crippen LogP contribution >= 0.6 is 0 Å². The van der Waals surface area contributed by atoms with Gasteiger partial charge in [0.1, 0.15) is 5.82 Å². The summed E-state index contributed by atoms with van der Waals surface area (Å²) in [6, 6.07) is 9.98. The molecule has 0 saturated carbocycles. The molecule has 29 heavy (non-hydrogen) atoms. The molecule has 9 heteroatoms. The highest BCUT2D eigenvalue weighted by Crippen LogP contribution is 2.22. The van der Waals surface area contributed by atoms with Gasteiger partial charge in [0.25, 0.3) is 0 Å². The molecule has 0 bridgehead atoms. The van der Waals surface area contributed by atoms with E-state index in [2.05, 4.69) is 22.5 Å². The zero-order valence-electron chi connectivity index (χ0n) is 17.2. The minimum absolute atomic E-state index is 0.0803. The summed E-state index contributed by atoms with van der Waals surface area (Å²) in [4.78, 5) is 14.7. The molecule has 1 aromatic carbocycles. The smallest absolute Gasteiger partial charge is 0.228 e. The first-order valence-corrected chi connectivity index (χ1v) is 11.5. The maximum atomic E-state index is 12.7. The van der Waals surface area contributed by atoms with Gasteiger partial charge in [0.05, 0.1) is 18.5 Å². The number of aromatic nitrogens is 2. The van der Waals surface area contributed by atoms with Gasteiger partial charge in [0, 0.05) is 44.9 Å². The summed E-state index contributed by atoms with van der Waals surface area (Å²) in [5, 5.41) is 7.29. The van der Waals surface area contributed by atoms with Crippen molar-refractivity contribution in [3.63, 3.8) is 0 Å². The third-order valence-electron chi connectivity index (χ3n) is 5.34. The molecule has 158 valence electrons. The van der Waals surface area contributed by atoms with Gasteiger partial charge < -0.3 is 10.2 Å². The molecule has 1 aromatic heterocycles. The molecule has 0 spiro atoms. The zero-order chi connectivity index (χ0) is 21.0. The average Bonchev–Trinajstić information content (AvgIpc) is 3.15. The number of benzene rings is 1. The van der Waals surface area contributed by atoms with Crippen molar-refractivity contribution in [2.45, 2.75) is 26.3 Å². The van der Waals surface area contributed by atoms with Gasteiger partial charge in [-0.1, -0.05) is 12.1 Å². The highest BCUT2D eigenvalue weighted by molar-refractivity contribution is 7.89. The number of nitrogens with zero attached hydrogens (tertiary/aromatic N) is 4. The van der Waals surface area contributed by atoms with Crippen LogP contribution in [0.15, 0.2) is 36.5 Å². The van der Waals surface area contributed by atoms with Crippen LogP contribution in [0.3, 0.4) is 0 Å². The second-order valence-electron chi connectivity index (χ2n) is 7.50. The second-order valence-corrected chi connectivity index (χ2v) is 9.76. The van der Waals surface area contributed by atoms with Crippen LogP contribution in [-0.2, 0) is 21.4 Å². The quantitative estimate of drug-likeness (QED) is 0.742. The number of anilines is 2. The minimum Gasteiger partial charge on any atom is -0.378 e. The van der Waals surface area contributed by atoms with Crippen molar-refractivity contribution < 1.29 is 13.2 Å². The number of sulfonamides is 1. The van der Waals surface area contributed by atoms with Crippen LogP contribution < -0.4 is 10.2 Å². The third-order valence-corrected chi connectivity index (χ3v) is 7.22. The van der Waals surface area contributed by atoms with E-state index in [9.17, 15) is 13.2 Å². The van der Waals surface area contributed by atoms with Crippen molar-refractivity contribution >= 4 is 27.4 Å². The summed E-state index contributed by atoms with van der Waals surface area (Å²) in [6.07, 6.45) is 2.73. The van der Waals surface area contributed by atoms with E-state index < -0.39 is 10.0 Å². The predicted molar refractivity (Wildman–Crippen MR) is 114 cm³/mol. The van der Waals surface area contributed by atoms with Gasteiger partial charge in [-0.15, -0.1) is 0 Å². The van der Waals surface area contributed by atoms with E-state index in [4.69, 9.17) is 0 Å². The fraction of sp³-hybridized carbons (Fsp3) is 0.500. The number of hydrogen-bond acceptors (Lipinski definition) is 5. The summed E-state index contributed by atoms with van der Waals surface area (Å²) < 4.78 is 27.2. The van der Waals surface area contributed by atoms with Crippen LogP contribution in [0, 0.1) is 5.92 Å². The number of carbonyl (C=O) groups is 1. The van der Waals surface area contributed by atoms with Crippen molar-refractivity contribution in [1.29, 1.82) is 0 Å². The lowest BCUT2D eigenvalue weighted by Crippen LogP contribution is -2.42. The van der Waals surface area contributed by atoms with E-state index in [1.54, 1.807) is 23.9 Å². The second kappa shape index (κ2) is 8.96. The standard InChI is InChI=1S/C20H29N5O3S/c1-4-29(27,28)24-13-10-17(11-14-24)20(26)22-19-9-12-21-25(19)15-16-5-7-18(8-6-16)23(2)3/h5-9,12,17H,4,10-11,13-15H2,1-3H3,(H,22,26). The molecule has 0 atom stereocenters. The van der Waals surface area contributed by atoms with Crippen LogP contribution in [0.5, 0.6) is 0 Å². The first-order valence-electron chi connectivity index (χ1n) is 9.87. The predicted octanol–water partition coefficient (Wildman–Crippen LogP) is 2.00. The lowest BCUT2D eigenvalue weighted by Gasteiger charge is -2.30. The molecule has 1 saturated heterocycles. The van der Waals surface area contributed by atoms with E-state index in [1.807, 2.05) is 31.1 Å². The van der Waals surface area contributed by atoms with Gasteiger partial charge in [-0.2, -0.15) is 5.10 Å². The summed E-state index contributed by atoms with van der Waals surface area (Å²) in [6.45, 7) is 2.99. The molecule has 2 aromatic rings. The van der Waals surface area contributed by atoms with Crippen molar-refractivity contribution in [3.05, 3.63) is 42.1 Å². The van der Waals surface area contributed by atoms with Crippen molar-refractivity contribution in [2.75, 3.05) is 43.2 Å². The Bertz CT molecular complexity index is 929. The van der Waals surface area contributed by atoms with Crippen LogP contribution in [0.4, 0.5) is 11.5 Å². The molecule has 1 aliphatic heterocycles. The first-order chi connectivity index (χ1) is 13.8. The van der Waals surface area contributed by atoms with Gasteiger partial charge in [0.2, 0.25) is 15.9 Å². The fourth-order valence-electron chi connectivity index (χ4n) is 3.44. The maximum Gasteiger partial charge on any atom is 0.228 e. The van der Waals surface area contributed by atoms with Crippen LogP contribution in [-0.4, -0.2) is 61.3 Å². The monoisotopic (exact) mass is 419 g/mol. The number of amides is 1. The topological polar surface area (TPSA) is 87.5 Å². The maximum absolute atomic E-state index is 12.7. The fourth-order valence-corrected chi connectivity index (χ4v) is 4.58.